The lowest BCUT2D eigenvalue weighted by Gasteiger charge is -2.38. The maximum atomic E-state index is 13.9. The van der Waals surface area contributed by atoms with Crippen molar-refractivity contribution in [1.29, 1.82) is 0 Å². The second-order valence-electron chi connectivity index (χ2n) is 6.91. The van der Waals surface area contributed by atoms with Crippen LogP contribution in [0.1, 0.15) is 6.42 Å². The number of aliphatic imine (C=N–C) groups is 1. The lowest BCUT2D eigenvalue weighted by atomic mass is 10.1. The van der Waals surface area contributed by atoms with Gasteiger partial charge in [-0.3, -0.25) is 4.99 Å². The Morgan fingerprint density at radius 2 is 1.96 bits per heavy atom. The van der Waals surface area contributed by atoms with Gasteiger partial charge in [0.2, 0.25) is 0 Å². The van der Waals surface area contributed by atoms with Gasteiger partial charge in [-0.25, -0.2) is 8.78 Å². The van der Waals surface area contributed by atoms with Crippen molar-refractivity contribution in [2.75, 3.05) is 64.8 Å². The van der Waals surface area contributed by atoms with E-state index in [-0.39, 0.29) is 5.82 Å². The van der Waals surface area contributed by atoms with Crippen LogP contribution < -0.4 is 10.2 Å². The third kappa shape index (κ3) is 4.39. The van der Waals surface area contributed by atoms with Gasteiger partial charge >= 0.3 is 0 Å². The molecule has 2 aliphatic heterocycles. The van der Waals surface area contributed by atoms with Crippen molar-refractivity contribution in [2.24, 2.45) is 10.9 Å². The van der Waals surface area contributed by atoms with E-state index in [0.717, 1.165) is 44.7 Å². The van der Waals surface area contributed by atoms with E-state index in [2.05, 4.69) is 27.2 Å². The number of hydrogen-bond donors (Lipinski definition) is 1. The van der Waals surface area contributed by atoms with Crippen LogP contribution in [0.25, 0.3) is 0 Å². The number of likely N-dealkylation sites (tertiary alicyclic amines) is 1. The van der Waals surface area contributed by atoms with Gasteiger partial charge in [0.1, 0.15) is 11.6 Å². The highest BCUT2D eigenvalue weighted by atomic mass is 19.1. The Morgan fingerprint density at radius 1 is 1.20 bits per heavy atom. The maximum absolute atomic E-state index is 13.9. The van der Waals surface area contributed by atoms with E-state index in [4.69, 9.17) is 0 Å². The van der Waals surface area contributed by atoms with Gasteiger partial charge in [-0.05, 0) is 38.1 Å². The minimum absolute atomic E-state index is 0.344. The number of guanidine groups is 1. The van der Waals surface area contributed by atoms with Crippen molar-refractivity contribution in [3.05, 3.63) is 29.8 Å². The zero-order chi connectivity index (χ0) is 17.8. The van der Waals surface area contributed by atoms with Gasteiger partial charge in [0.25, 0.3) is 0 Å². The molecule has 0 spiro atoms. The Hall–Kier alpha value is -1.89. The first-order chi connectivity index (χ1) is 12.1. The van der Waals surface area contributed by atoms with Crippen LogP contribution in [-0.4, -0.2) is 75.7 Å². The van der Waals surface area contributed by atoms with E-state index < -0.39 is 5.82 Å². The van der Waals surface area contributed by atoms with Crippen molar-refractivity contribution in [3.63, 3.8) is 0 Å². The molecular weight excluding hydrogens is 324 g/mol. The maximum Gasteiger partial charge on any atom is 0.193 e. The molecule has 0 radical (unpaired) electrons. The van der Waals surface area contributed by atoms with E-state index in [1.54, 1.807) is 7.05 Å². The molecule has 2 heterocycles. The second kappa shape index (κ2) is 7.99. The third-order valence-electron chi connectivity index (χ3n) is 5.08. The number of hydrogen-bond acceptors (Lipinski definition) is 3. The highest BCUT2D eigenvalue weighted by molar-refractivity contribution is 5.80. The summed E-state index contributed by atoms with van der Waals surface area (Å²) in [6.45, 7) is 5.97. The molecule has 7 heteroatoms. The van der Waals surface area contributed by atoms with Crippen LogP contribution in [0.2, 0.25) is 0 Å². The Morgan fingerprint density at radius 3 is 2.60 bits per heavy atom. The van der Waals surface area contributed by atoms with E-state index in [0.29, 0.717) is 24.7 Å². The van der Waals surface area contributed by atoms with Crippen LogP contribution in [0, 0.1) is 17.6 Å². The van der Waals surface area contributed by atoms with Crippen LogP contribution in [0.3, 0.4) is 0 Å². The molecular formula is C18H27F2N5. The van der Waals surface area contributed by atoms with Crippen molar-refractivity contribution in [1.82, 2.24) is 15.1 Å². The zero-order valence-corrected chi connectivity index (χ0v) is 15.0. The minimum Gasteiger partial charge on any atom is -0.366 e. The molecule has 1 N–H and O–H groups in total. The summed E-state index contributed by atoms with van der Waals surface area (Å²) >= 11 is 0. The first-order valence-electron chi connectivity index (χ1n) is 8.91. The van der Waals surface area contributed by atoms with E-state index in [1.165, 1.54) is 18.6 Å². The van der Waals surface area contributed by atoms with Crippen molar-refractivity contribution >= 4 is 11.6 Å². The van der Waals surface area contributed by atoms with Gasteiger partial charge in [-0.15, -0.1) is 0 Å². The zero-order valence-electron chi connectivity index (χ0n) is 15.0. The van der Waals surface area contributed by atoms with E-state index in [9.17, 15) is 8.78 Å². The smallest absolute Gasteiger partial charge is 0.193 e. The molecule has 25 heavy (non-hydrogen) atoms. The summed E-state index contributed by atoms with van der Waals surface area (Å²) in [4.78, 5) is 10.8. The van der Waals surface area contributed by atoms with E-state index >= 15 is 0 Å². The predicted octanol–water partition coefficient (Wildman–Crippen LogP) is 1.61. The highest BCUT2D eigenvalue weighted by Crippen LogP contribution is 2.22. The first kappa shape index (κ1) is 17.9. The molecule has 3 rings (SSSR count). The van der Waals surface area contributed by atoms with Gasteiger partial charge in [-0.2, -0.15) is 0 Å². The molecule has 2 aliphatic rings. The normalized spacial score (nSPS) is 22.6. The number of rotatable bonds is 3. The summed E-state index contributed by atoms with van der Waals surface area (Å²) in [5.41, 5.74) is 0.344. The SMILES string of the molecule is CN=C(NCC1CCN(C)C1)N1CCN(c2cc(F)ccc2F)CC1. The van der Waals surface area contributed by atoms with Gasteiger partial charge in [0.15, 0.2) is 5.96 Å². The molecule has 2 saturated heterocycles. The molecule has 138 valence electrons. The molecule has 1 aromatic rings. The lowest BCUT2D eigenvalue weighted by Crippen LogP contribution is -2.53. The van der Waals surface area contributed by atoms with Crippen molar-refractivity contribution in [2.45, 2.75) is 6.42 Å². The predicted molar refractivity (Wildman–Crippen MR) is 97.1 cm³/mol. The molecule has 5 nitrogen and oxygen atoms in total. The molecule has 2 fully saturated rings. The number of anilines is 1. The summed E-state index contributed by atoms with van der Waals surface area (Å²) in [5.74, 6) is 0.777. The van der Waals surface area contributed by atoms with Crippen molar-refractivity contribution in [3.8, 4) is 0 Å². The molecule has 0 bridgehead atoms. The first-order valence-corrected chi connectivity index (χ1v) is 8.91. The molecule has 1 unspecified atom stereocenters. The molecule has 0 aromatic heterocycles. The van der Waals surface area contributed by atoms with Gasteiger partial charge < -0.3 is 20.0 Å². The quantitative estimate of drug-likeness (QED) is 0.663. The Bertz CT molecular complexity index is 613. The molecule has 1 aromatic carbocycles. The van der Waals surface area contributed by atoms with Crippen LogP contribution in [0.5, 0.6) is 0 Å². The van der Waals surface area contributed by atoms with Crippen LogP contribution in [0.4, 0.5) is 14.5 Å². The standard InChI is InChI=1S/C18H27F2N5/c1-21-18(22-12-14-5-6-23(2)13-14)25-9-7-24(8-10-25)17-11-15(19)3-4-16(17)20/h3-4,11,14H,5-10,12-13H2,1-2H3,(H,21,22). The lowest BCUT2D eigenvalue weighted by molar-refractivity contribution is 0.362. The Kier molecular flexibility index (Phi) is 5.73. The highest BCUT2D eigenvalue weighted by Gasteiger charge is 2.24. The van der Waals surface area contributed by atoms with Gasteiger partial charge in [-0.1, -0.05) is 0 Å². The number of piperazine rings is 1. The van der Waals surface area contributed by atoms with Gasteiger partial charge in [0, 0.05) is 52.4 Å². The van der Waals surface area contributed by atoms with E-state index in [1.807, 2.05) is 4.90 Å². The summed E-state index contributed by atoms with van der Waals surface area (Å²) < 4.78 is 27.3. The summed E-state index contributed by atoms with van der Waals surface area (Å²) in [6, 6.07) is 3.62. The third-order valence-corrected chi connectivity index (χ3v) is 5.08. The Labute approximate surface area is 148 Å². The summed E-state index contributed by atoms with van der Waals surface area (Å²) in [7, 11) is 3.95. The molecule has 1 atom stereocenters. The summed E-state index contributed by atoms with van der Waals surface area (Å²) in [5, 5.41) is 3.47. The fourth-order valence-electron chi connectivity index (χ4n) is 3.65. The van der Waals surface area contributed by atoms with Crippen LogP contribution in [0.15, 0.2) is 23.2 Å². The average Bonchev–Trinajstić information content (AvgIpc) is 3.03. The average molecular weight is 351 g/mol. The minimum atomic E-state index is -0.405. The fourth-order valence-corrected chi connectivity index (χ4v) is 3.65. The number of nitrogens with zero attached hydrogens (tertiary/aromatic N) is 4. The molecule has 0 saturated carbocycles. The van der Waals surface area contributed by atoms with Gasteiger partial charge in [0.05, 0.1) is 5.69 Å². The van der Waals surface area contributed by atoms with Crippen molar-refractivity contribution < 1.29 is 8.78 Å². The molecule has 0 amide bonds. The largest absolute Gasteiger partial charge is 0.366 e. The number of benzene rings is 1. The van der Waals surface area contributed by atoms with Crippen LogP contribution in [-0.2, 0) is 0 Å². The fraction of sp³-hybridized carbons (Fsp3) is 0.611. The number of nitrogens with one attached hydrogen (secondary N) is 1. The summed E-state index contributed by atoms with van der Waals surface area (Å²) in [6.07, 6.45) is 1.22. The molecule has 0 aliphatic carbocycles. The Balaban J connectivity index is 1.52. The number of halogens is 2. The monoisotopic (exact) mass is 351 g/mol. The second-order valence-corrected chi connectivity index (χ2v) is 6.91. The van der Waals surface area contributed by atoms with Crippen LogP contribution >= 0.6 is 0 Å². The topological polar surface area (TPSA) is 34.1 Å².